The lowest BCUT2D eigenvalue weighted by Gasteiger charge is -2.02. The molecule has 2 heterocycles. The third-order valence-corrected chi connectivity index (χ3v) is 4.63. The minimum Gasteiger partial charge on any atom is -0.281 e. The van der Waals surface area contributed by atoms with Gasteiger partial charge in [-0.1, -0.05) is 51.4 Å². The van der Waals surface area contributed by atoms with Gasteiger partial charge in [-0.3, -0.25) is 10.2 Å². The number of hydrogen-bond donors (Lipinski definition) is 2. The van der Waals surface area contributed by atoms with Crippen molar-refractivity contribution in [3.63, 3.8) is 0 Å². The van der Waals surface area contributed by atoms with Crippen LogP contribution in [0.15, 0.2) is 12.1 Å². The predicted octanol–water partition coefficient (Wildman–Crippen LogP) is 4.56. The monoisotopic (exact) mass is 352 g/mol. The van der Waals surface area contributed by atoms with Crippen LogP contribution in [-0.2, 0) is 12.8 Å². The third kappa shape index (κ3) is 7.53. The van der Waals surface area contributed by atoms with Crippen LogP contribution >= 0.6 is 0 Å². The van der Waals surface area contributed by atoms with E-state index in [9.17, 15) is 0 Å². The first-order valence-electron chi connectivity index (χ1n) is 9.70. The van der Waals surface area contributed by atoms with Crippen molar-refractivity contribution in [1.29, 1.82) is 10.5 Å². The van der Waals surface area contributed by atoms with Gasteiger partial charge < -0.3 is 0 Å². The molecule has 0 aliphatic rings. The summed E-state index contributed by atoms with van der Waals surface area (Å²) in [6.45, 7) is 0. The highest BCUT2D eigenvalue weighted by Gasteiger charge is 2.01. The molecule has 2 aromatic heterocycles. The molecule has 0 aliphatic carbocycles. The average Bonchev–Trinajstić information content (AvgIpc) is 3.31. The number of nitrogens with one attached hydrogen (secondary N) is 2. The number of rotatable bonds is 13. The van der Waals surface area contributed by atoms with Crippen molar-refractivity contribution >= 4 is 0 Å². The number of aryl methyl sites for hydroxylation is 2. The molecule has 0 radical (unpaired) electrons. The number of H-pyrrole nitrogens is 2. The lowest BCUT2D eigenvalue weighted by Crippen LogP contribution is -1.88. The maximum absolute atomic E-state index is 8.73. The van der Waals surface area contributed by atoms with Crippen molar-refractivity contribution in [3.05, 3.63) is 34.9 Å². The number of aromatic amines is 2. The fraction of sp³-hybridized carbons (Fsp3) is 0.600. The number of aromatic nitrogens is 4. The Morgan fingerprint density at radius 1 is 0.615 bits per heavy atom. The van der Waals surface area contributed by atoms with Crippen molar-refractivity contribution in [1.82, 2.24) is 20.4 Å². The topological polar surface area (TPSA) is 105 Å². The molecule has 2 aromatic rings. The average molecular weight is 352 g/mol. The second-order valence-corrected chi connectivity index (χ2v) is 6.82. The molecule has 138 valence electrons. The Kier molecular flexibility index (Phi) is 9.00. The highest BCUT2D eigenvalue weighted by Crippen LogP contribution is 2.13. The smallest absolute Gasteiger partial charge is 0.162 e. The quantitative estimate of drug-likeness (QED) is 0.515. The Balaban J connectivity index is 1.35. The molecule has 0 saturated heterocycles. The summed E-state index contributed by atoms with van der Waals surface area (Å²) in [6, 6.07) is 7.77. The van der Waals surface area contributed by atoms with Crippen LogP contribution in [0.2, 0.25) is 0 Å². The van der Waals surface area contributed by atoms with Crippen molar-refractivity contribution in [2.24, 2.45) is 0 Å². The van der Waals surface area contributed by atoms with E-state index < -0.39 is 0 Å². The third-order valence-electron chi connectivity index (χ3n) is 4.63. The van der Waals surface area contributed by atoms with Crippen LogP contribution in [0.5, 0.6) is 0 Å². The van der Waals surface area contributed by atoms with Gasteiger partial charge in [0.05, 0.1) is 0 Å². The normalized spacial score (nSPS) is 10.5. The van der Waals surface area contributed by atoms with Gasteiger partial charge in [-0.05, 0) is 37.8 Å². The number of nitrogens with zero attached hydrogens (tertiary/aromatic N) is 4. The maximum Gasteiger partial charge on any atom is 0.162 e. The summed E-state index contributed by atoms with van der Waals surface area (Å²) in [4.78, 5) is 0. The van der Waals surface area contributed by atoms with Gasteiger partial charge in [0.2, 0.25) is 0 Å². The Morgan fingerprint density at radius 3 is 1.27 bits per heavy atom. The molecule has 0 unspecified atom stereocenters. The molecule has 2 rings (SSSR count). The molecule has 2 N–H and O–H groups in total. The van der Waals surface area contributed by atoms with Gasteiger partial charge in [0.25, 0.3) is 0 Å². The number of unbranched alkanes of at least 4 members (excludes halogenated alkanes) is 9. The summed E-state index contributed by atoms with van der Waals surface area (Å²) in [5.41, 5.74) is 3.11. The molecule has 0 bridgehead atoms. The minimum absolute atomic E-state index is 0.483. The van der Waals surface area contributed by atoms with Gasteiger partial charge >= 0.3 is 0 Å². The van der Waals surface area contributed by atoms with E-state index in [0.717, 1.165) is 37.1 Å². The fourth-order valence-corrected chi connectivity index (χ4v) is 3.14. The second kappa shape index (κ2) is 11.9. The van der Waals surface area contributed by atoms with Gasteiger partial charge in [0.15, 0.2) is 11.4 Å². The zero-order chi connectivity index (χ0) is 18.5. The highest BCUT2D eigenvalue weighted by atomic mass is 15.1. The molecule has 0 spiro atoms. The lowest BCUT2D eigenvalue weighted by atomic mass is 10.0. The fourth-order valence-electron chi connectivity index (χ4n) is 3.14. The zero-order valence-electron chi connectivity index (χ0n) is 15.4. The predicted molar refractivity (Wildman–Crippen MR) is 100 cm³/mol. The Morgan fingerprint density at radius 2 is 0.962 bits per heavy atom. The summed E-state index contributed by atoms with van der Waals surface area (Å²) >= 11 is 0. The molecule has 0 saturated carbocycles. The standard InChI is InChI=1S/C20H28N6/c21-15-19-13-17(23-25-19)11-9-7-5-3-1-2-4-6-8-10-12-18-14-20(16-22)26-24-18/h13-14H,1-12H2,(H,23,25)(H,24,26). The SMILES string of the molecule is N#Cc1cc(CCCCCCCCCCCCc2cc(C#N)n[nH]2)[nH]n1. The maximum atomic E-state index is 8.73. The molecule has 0 fully saturated rings. The summed E-state index contributed by atoms with van der Waals surface area (Å²) in [5.74, 6) is 0. The van der Waals surface area contributed by atoms with Crippen molar-refractivity contribution in [3.8, 4) is 12.1 Å². The highest BCUT2D eigenvalue weighted by molar-refractivity contribution is 5.21. The molecule has 0 aliphatic heterocycles. The Hall–Kier alpha value is -2.60. The van der Waals surface area contributed by atoms with Crippen molar-refractivity contribution in [2.75, 3.05) is 0 Å². The summed E-state index contributed by atoms with van der Waals surface area (Å²) in [5, 5.41) is 31.1. The van der Waals surface area contributed by atoms with Crippen LogP contribution in [0, 0.1) is 22.7 Å². The van der Waals surface area contributed by atoms with E-state index in [0.29, 0.717) is 11.4 Å². The molecule has 26 heavy (non-hydrogen) atoms. The van der Waals surface area contributed by atoms with Crippen LogP contribution in [0.1, 0.15) is 87.0 Å². The van der Waals surface area contributed by atoms with E-state index in [1.807, 2.05) is 24.3 Å². The van der Waals surface area contributed by atoms with Crippen LogP contribution in [-0.4, -0.2) is 20.4 Å². The first-order valence-corrected chi connectivity index (χ1v) is 9.70. The molecule has 0 atom stereocenters. The lowest BCUT2D eigenvalue weighted by molar-refractivity contribution is 0.549. The van der Waals surface area contributed by atoms with Gasteiger partial charge in [0, 0.05) is 11.4 Å². The second-order valence-electron chi connectivity index (χ2n) is 6.82. The number of nitriles is 2. The van der Waals surface area contributed by atoms with E-state index in [4.69, 9.17) is 10.5 Å². The molecular formula is C20H28N6. The summed E-state index contributed by atoms with van der Waals surface area (Å²) < 4.78 is 0. The van der Waals surface area contributed by atoms with Gasteiger partial charge in [-0.25, -0.2) is 0 Å². The van der Waals surface area contributed by atoms with Gasteiger partial charge in [0.1, 0.15) is 12.1 Å². The Labute approximate surface area is 155 Å². The summed E-state index contributed by atoms with van der Waals surface area (Å²) in [7, 11) is 0. The largest absolute Gasteiger partial charge is 0.281 e. The van der Waals surface area contributed by atoms with Crippen LogP contribution in [0.25, 0.3) is 0 Å². The van der Waals surface area contributed by atoms with E-state index >= 15 is 0 Å². The van der Waals surface area contributed by atoms with Crippen molar-refractivity contribution in [2.45, 2.75) is 77.0 Å². The van der Waals surface area contributed by atoms with Crippen LogP contribution < -0.4 is 0 Å². The van der Waals surface area contributed by atoms with E-state index in [-0.39, 0.29) is 0 Å². The minimum atomic E-state index is 0.483. The zero-order valence-corrected chi connectivity index (χ0v) is 15.4. The van der Waals surface area contributed by atoms with Crippen LogP contribution in [0.4, 0.5) is 0 Å². The molecule has 0 amide bonds. The van der Waals surface area contributed by atoms with Gasteiger partial charge in [-0.2, -0.15) is 20.7 Å². The summed E-state index contributed by atoms with van der Waals surface area (Å²) in [6.07, 6.45) is 14.7. The molecule has 0 aromatic carbocycles. The first-order chi connectivity index (χ1) is 12.8. The molecular weight excluding hydrogens is 324 g/mol. The van der Waals surface area contributed by atoms with Crippen LogP contribution in [0.3, 0.4) is 0 Å². The van der Waals surface area contributed by atoms with Gasteiger partial charge in [-0.15, -0.1) is 0 Å². The van der Waals surface area contributed by atoms with E-state index in [1.165, 1.54) is 51.4 Å². The Bertz CT molecular complexity index is 653. The first kappa shape index (κ1) is 19.7. The van der Waals surface area contributed by atoms with E-state index in [2.05, 4.69) is 20.4 Å². The van der Waals surface area contributed by atoms with Crippen molar-refractivity contribution < 1.29 is 0 Å². The van der Waals surface area contributed by atoms with E-state index in [1.54, 1.807) is 0 Å². The number of hydrogen-bond acceptors (Lipinski definition) is 4. The molecule has 6 heteroatoms. The molecule has 6 nitrogen and oxygen atoms in total.